The summed E-state index contributed by atoms with van der Waals surface area (Å²) in [6, 6.07) is 0. The van der Waals surface area contributed by atoms with Crippen molar-refractivity contribution in [3.05, 3.63) is 23.8 Å². The monoisotopic (exact) mass is 418 g/mol. The first-order valence-corrected chi connectivity index (χ1v) is 11.6. The summed E-state index contributed by atoms with van der Waals surface area (Å²) in [6.45, 7) is 10.3. The van der Waals surface area contributed by atoms with Crippen LogP contribution in [0.3, 0.4) is 0 Å². The van der Waals surface area contributed by atoms with Crippen LogP contribution in [0.15, 0.2) is 23.8 Å². The number of rotatable bonds is 6. The molecule has 3 rings (SSSR count). The van der Waals surface area contributed by atoms with Gasteiger partial charge < -0.3 is 14.6 Å². The molecule has 0 aromatic heterocycles. The average Bonchev–Trinajstić information content (AvgIpc) is 2.66. The van der Waals surface area contributed by atoms with Crippen molar-refractivity contribution in [1.29, 1.82) is 0 Å². The Morgan fingerprint density at radius 1 is 1.27 bits per heavy atom. The zero-order valence-electron chi connectivity index (χ0n) is 19.1. The van der Waals surface area contributed by atoms with Crippen LogP contribution in [0, 0.1) is 29.1 Å². The molecule has 0 saturated carbocycles. The Hall–Kier alpha value is -1.62. The molecule has 7 atom stereocenters. The van der Waals surface area contributed by atoms with E-state index >= 15 is 0 Å². The van der Waals surface area contributed by atoms with Gasteiger partial charge in [-0.15, -0.1) is 0 Å². The van der Waals surface area contributed by atoms with Crippen molar-refractivity contribution in [2.75, 3.05) is 0 Å². The number of carbonyl (C=O) groups excluding carboxylic acids is 2. The SMILES string of the molecule is CCC(C)(C)C(=O)O[C@H]1C[C@@H](C)C=C2C=CC(C)C(CC[C@@H]3C[C@@H](O)CC(=O)O3)[C@H]21. The second kappa shape index (κ2) is 9.25. The first-order valence-electron chi connectivity index (χ1n) is 11.6. The van der Waals surface area contributed by atoms with Crippen LogP contribution in [-0.2, 0) is 19.1 Å². The van der Waals surface area contributed by atoms with Crippen LogP contribution in [0.2, 0.25) is 0 Å². The summed E-state index contributed by atoms with van der Waals surface area (Å²) in [5, 5.41) is 9.92. The van der Waals surface area contributed by atoms with Crippen LogP contribution < -0.4 is 0 Å². The molecule has 1 N–H and O–H groups in total. The molecule has 0 spiro atoms. The fourth-order valence-electron chi connectivity index (χ4n) is 5.08. The Bertz CT molecular complexity index is 706. The molecule has 0 aromatic carbocycles. The van der Waals surface area contributed by atoms with Crippen molar-refractivity contribution < 1.29 is 24.2 Å². The minimum atomic E-state index is -0.601. The van der Waals surface area contributed by atoms with Gasteiger partial charge in [0.05, 0.1) is 17.9 Å². The maximum absolute atomic E-state index is 12.9. The van der Waals surface area contributed by atoms with Crippen molar-refractivity contribution in [3.8, 4) is 0 Å². The van der Waals surface area contributed by atoms with Gasteiger partial charge in [0, 0.05) is 12.3 Å². The summed E-state index contributed by atoms with van der Waals surface area (Å²) < 4.78 is 11.6. The molecule has 1 aliphatic heterocycles. The molecule has 3 aliphatic rings. The molecule has 0 radical (unpaired) electrons. The predicted molar refractivity (Wildman–Crippen MR) is 115 cm³/mol. The molecule has 30 heavy (non-hydrogen) atoms. The lowest BCUT2D eigenvalue weighted by Crippen LogP contribution is -2.43. The third kappa shape index (κ3) is 5.16. The van der Waals surface area contributed by atoms with Crippen molar-refractivity contribution in [1.82, 2.24) is 0 Å². The van der Waals surface area contributed by atoms with Gasteiger partial charge >= 0.3 is 11.9 Å². The highest BCUT2D eigenvalue weighted by Gasteiger charge is 2.43. The number of hydrogen-bond donors (Lipinski definition) is 1. The standard InChI is InChI=1S/C25H38O5/c1-6-25(4,5)24(28)30-21-12-15(2)11-17-8-7-16(3)20(23(17)21)10-9-19-13-18(26)14-22(27)29-19/h7-8,11,15-16,18-21,23,26H,6,9-10,12-14H2,1-5H3/t15-,16?,18+,19+,20?,21-,23-/m0/s1. The fourth-order valence-corrected chi connectivity index (χ4v) is 5.08. The van der Waals surface area contributed by atoms with E-state index in [0.717, 1.165) is 25.7 Å². The molecule has 168 valence electrons. The lowest BCUT2D eigenvalue weighted by molar-refractivity contribution is -0.166. The van der Waals surface area contributed by atoms with Gasteiger partial charge in [0.2, 0.25) is 0 Å². The maximum Gasteiger partial charge on any atom is 0.311 e. The van der Waals surface area contributed by atoms with E-state index in [0.29, 0.717) is 24.2 Å². The third-order valence-electron chi connectivity index (χ3n) is 7.35. The number of esters is 2. The van der Waals surface area contributed by atoms with Crippen LogP contribution >= 0.6 is 0 Å². The van der Waals surface area contributed by atoms with Crippen LogP contribution in [0.4, 0.5) is 0 Å². The second-order valence-corrected chi connectivity index (χ2v) is 10.3. The topological polar surface area (TPSA) is 72.8 Å². The highest BCUT2D eigenvalue weighted by Crippen LogP contribution is 2.45. The molecule has 1 heterocycles. The van der Waals surface area contributed by atoms with E-state index in [4.69, 9.17) is 9.47 Å². The molecule has 5 nitrogen and oxygen atoms in total. The van der Waals surface area contributed by atoms with Gasteiger partial charge in [0.25, 0.3) is 0 Å². The number of carbonyl (C=O) groups is 2. The Morgan fingerprint density at radius 2 is 2.00 bits per heavy atom. The largest absolute Gasteiger partial charge is 0.462 e. The minimum Gasteiger partial charge on any atom is -0.462 e. The normalized spacial score (nSPS) is 36.5. The summed E-state index contributed by atoms with van der Waals surface area (Å²) in [4.78, 5) is 24.6. The molecular formula is C25H38O5. The van der Waals surface area contributed by atoms with Gasteiger partial charge in [-0.2, -0.15) is 0 Å². The van der Waals surface area contributed by atoms with Gasteiger partial charge in [-0.1, -0.05) is 39.0 Å². The number of aliphatic hydroxyl groups excluding tert-OH is 1. The molecule has 0 bridgehead atoms. The predicted octanol–water partition coefficient (Wildman–Crippen LogP) is 4.59. The Balaban J connectivity index is 1.76. The second-order valence-electron chi connectivity index (χ2n) is 10.3. The number of aliphatic hydroxyl groups is 1. The molecule has 2 unspecified atom stereocenters. The third-order valence-corrected chi connectivity index (χ3v) is 7.35. The van der Waals surface area contributed by atoms with Crippen molar-refractivity contribution in [2.24, 2.45) is 29.1 Å². The van der Waals surface area contributed by atoms with E-state index in [1.807, 2.05) is 20.8 Å². The number of allylic oxidation sites excluding steroid dienone is 3. The lowest BCUT2D eigenvalue weighted by Gasteiger charge is -2.44. The van der Waals surface area contributed by atoms with Gasteiger partial charge in [-0.3, -0.25) is 9.59 Å². The number of hydrogen-bond acceptors (Lipinski definition) is 5. The van der Waals surface area contributed by atoms with E-state index in [2.05, 4.69) is 32.1 Å². The molecule has 1 saturated heterocycles. The first-order chi connectivity index (χ1) is 14.1. The van der Waals surface area contributed by atoms with E-state index in [1.54, 1.807) is 0 Å². The first kappa shape index (κ1) is 23.1. The zero-order valence-corrected chi connectivity index (χ0v) is 19.1. The van der Waals surface area contributed by atoms with Crippen molar-refractivity contribution in [2.45, 2.75) is 91.5 Å². The highest BCUT2D eigenvalue weighted by atomic mass is 16.6. The van der Waals surface area contributed by atoms with E-state index in [1.165, 1.54) is 5.57 Å². The number of fused-ring (bicyclic) bond motifs is 1. The van der Waals surface area contributed by atoms with Gasteiger partial charge in [0.1, 0.15) is 12.2 Å². The summed E-state index contributed by atoms with van der Waals surface area (Å²) in [6.07, 6.45) is 9.61. The van der Waals surface area contributed by atoms with Crippen molar-refractivity contribution in [3.63, 3.8) is 0 Å². The lowest BCUT2D eigenvalue weighted by atomic mass is 9.65. The zero-order chi connectivity index (χ0) is 22.1. The smallest absolute Gasteiger partial charge is 0.311 e. The van der Waals surface area contributed by atoms with Crippen LogP contribution in [0.1, 0.15) is 73.1 Å². The highest BCUT2D eigenvalue weighted by molar-refractivity contribution is 5.76. The van der Waals surface area contributed by atoms with Gasteiger partial charge in [-0.05, 0) is 62.9 Å². The molecule has 0 aromatic rings. The minimum absolute atomic E-state index is 0.0949. The van der Waals surface area contributed by atoms with Crippen LogP contribution in [-0.4, -0.2) is 35.4 Å². The fraction of sp³-hybridized carbons (Fsp3) is 0.760. The molecular weight excluding hydrogens is 380 g/mol. The van der Waals surface area contributed by atoms with Crippen LogP contribution in [0.5, 0.6) is 0 Å². The van der Waals surface area contributed by atoms with Crippen LogP contribution in [0.25, 0.3) is 0 Å². The van der Waals surface area contributed by atoms with E-state index in [-0.39, 0.29) is 36.5 Å². The maximum atomic E-state index is 12.9. The average molecular weight is 419 g/mol. The molecule has 2 aliphatic carbocycles. The summed E-state index contributed by atoms with van der Waals surface area (Å²) in [7, 11) is 0. The Labute approximate surface area is 180 Å². The number of ether oxygens (including phenoxy) is 2. The Morgan fingerprint density at radius 3 is 2.67 bits per heavy atom. The quantitative estimate of drug-likeness (QED) is 0.639. The van der Waals surface area contributed by atoms with Gasteiger partial charge in [0.15, 0.2) is 0 Å². The summed E-state index contributed by atoms with van der Waals surface area (Å²) in [5.41, 5.74) is 0.785. The number of cyclic esters (lactones) is 1. The summed E-state index contributed by atoms with van der Waals surface area (Å²) in [5.74, 6) is 0.776. The van der Waals surface area contributed by atoms with Crippen molar-refractivity contribution >= 4 is 11.9 Å². The summed E-state index contributed by atoms with van der Waals surface area (Å²) >= 11 is 0. The molecule has 0 amide bonds. The molecule has 1 fully saturated rings. The van der Waals surface area contributed by atoms with E-state index < -0.39 is 11.5 Å². The van der Waals surface area contributed by atoms with Gasteiger partial charge in [-0.25, -0.2) is 0 Å². The molecule has 5 heteroatoms. The Kier molecular flexibility index (Phi) is 7.11. The van der Waals surface area contributed by atoms with E-state index in [9.17, 15) is 14.7 Å².